The zero-order chi connectivity index (χ0) is 15.9. The van der Waals surface area contributed by atoms with Gasteiger partial charge in [-0.1, -0.05) is 23.2 Å². The number of rotatable bonds is 6. The third kappa shape index (κ3) is 5.18. The number of carbonyl (C=O) groups excluding carboxylic acids is 1. The van der Waals surface area contributed by atoms with Crippen molar-refractivity contribution in [2.45, 2.75) is 6.42 Å². The largest absolute Gasteiger partial charge is 0.301 e. The fourth-order valence-corrected chi connectivity index (χ4v) is 3.34. The number of anilines is 1. The first kappa shape index (κ1) is 17.1. The van der Waals surface area contributed by atoms with Gasteiger partial charge in [-0.05, 0) is 23.8 Å². The minimum atomic E-state index is -0.165. The Morgan fingerprint density at radius 1 is 1.45 bits per heavy atom. The number of benzene rings is 1. The number of carbonyl (C=O) groups is 1. The number of aromatic nitrogens is 1. The van der Waals surface area contributed by atoms with Crippen molar-refractivity contribution in [3.63, 3.8) is 0 Å². The molecule has 0 radical (unpaired) electrons. The highest BCUT2D eigenvalue weighted by molar-refractivity contribution is 8.00. The highest BCUT2D eigenvalue weighted by atomic mass is 35.5. The summed E-state index contributed by atoms with van der Waals surface area (Å²) in [5.41, 5.74) is 0.917. The van der Waals surface area contributed by atoms with Crippen LogP contribution in [0.4, 0.5) is 5.13 Å². The van der Waals surface area contributed by atoms with Crippen LogP contribution in [0.3, 0.4) is 0 Å². The molecule has 114 valence electrons. The second kappa shape index (κ2) is 8.39. The first-order valence-corrected chi connectivity index (χ1v) is 8.94. The molecule has 8 heteroatoms. The molecule has 1 heterocycles. The third-order valence-corrected chi connectivity index (χ3v) is 4.89. The molecular weight excluding hydrogens is 361 g/mol. The molecular formula is C14H11Cl2N3OS2. The van der Waals surface area contributed by atoms with Gasteiger partial charge in [-0.25, -0.2) is 4.98 Å². The first-order valence-electron chi connectivity index (χ1n) is 6.21. The molecule has 0 spiro atoms. The number of halogens is 2. The summed E-state index contributed by atoms with van der Waals surface area (Å²) in [6.45, 7) is 0. The predicted molar refractivity (Wildman–Crippen MR) is 92.9 cm³/mol. The molecule has 0 saturated carbocycles. The molecule has 1 amide bonds. The lowest BCUT2D eigenvalue weighted by atomic mass is 10.1. The van der Waals surface area contributed by atoms with E-state index in [2.05, 4.69) is 10.3 Å². The Balaban J connectivity index is 1.95. The number of nitrogens with zero attached hydrogens (tertiary/aromatic N) is 2. The quantitative estimate of drug-likeness (QED) is 0.771. The minimum absolute atomic E-state index is 0.165. The van der Waals surface area contributed by atoms with E-state index < -0.39 is 0 Å². The van der Waals surface area contributed by atoms with Crippen LogP contribution in [0.25, 0.3) is 0 Å². The van der Waals surface area contributed by atoms with Crippen molar-refractivity contribution in [3.05, 3.63) is 44.9 Å². The Labute approximate surface area is 146 Å². The average Bonchev–Trinajstić information content (AvgIpc) is 2.90. The monoisotopic (exact) mass is 371 g/mol. The fraction of sp³-hybridized carbons (Fsp3) is 0.214. The van der Waals surface area contributed by atoms with Crippen molar-refractivity contribution in [2.75, 3.05) is 16.8 Å². The van der Waals surface area contributed by atoms with E-state index in [1.165, 1.54) is 23.1 Å². The molecule has 1 aromatic heterocycles. The molecule has 0 aliphatic heterocycles. The summed E-state index contributed by atoms with van der Waals surface area (Å²) in [5, 5.41) is 13.0. The van der Waals surface area contributed by atoms with Gasteiger partial charge < -0.3 is 5.32 Å². The standard InChI is InChI=1S/C14H11Cl2N3OS2/c15-10-1-2-12(16)9(5-10)6-11-7-18-14(22-11)19-13(20)8-21-4-3-17/h1-2,5,7H,4,6,8H2,(H,18,19,20). The number of hydrogen-bond acceptors (Lipinski definition) is 5. The fourth-order valence-electron chi connectivity index (χ4n) is 1.66. The average molecular weight is 372 g/mol. The minimum Gasteiger partial charge on any atom is -0.301 e. The molecule has 0 aliphatic carbocycles. The second-order valence-electron chi connectivity index (χ2n) is 4.24. The Bertz CT molecular complexity index is 712. The van der Waals surface area contributed by atoms with E-state index in [0.717, 1.165) is 10.4 Å². The summed E-state index contributed by atoms with van der Waals surface area (Å²) in [6, 6.07) is 7.29. The maximum Gasteiger partial charge on any atom is 0.236 e. The van der Waals surface area contributed by atoms with Crippen molar-refractivity contribution in [1.29, 1.82) is 5.26 Å². The maximum atomic E-state index is 11.6. The lowest BCUT2D eigenvalue weighted by Gasteiger charge is -2.02. The highest BCUT2D eigenvalue weighted by Crippen LogP contribution is 2.27. The normalized spacial score (nSPS) is 10.2. The van der Waals surface area contributed by atoms with Crippen molar-refractivity contribution in [3.8, 4) is 6.07 Å². The van der Waals surface area contributed by atoms with Gasteiger partial charge in [0, 0.05) is 27.5 Å². The van der Waals surface area contributed by atoms with Gasteiger partial charge in [0.2, 0.25) is 5.91 Å². The van der Waals surface area contributed by atoms with Gasteiger partial charge in [-0.2, -0.15) is 5.26 Å². The SMILES string of the molecule is N#CCSCC(=O)Nc1ncc(Cc2cc(Cl)ccc2Cl)s1. The zero-order valence-electron chi connectivity index (χ0n) is 11.3. The van der Waals surface area contributed by atoms with Gasteiger partial charge in [0.25, 0.3) is 0 Å². The molecule has 0 bridgehead atoms. The topological polar surface area (TPSA) is 65.8 Å². The number of amides is 1. The lowest BCUT2D eigenvalue weighted by molar-refractivity contribution is -0.113. The summed E-state index contributed by atoms with van der Waals surface area (Å²) < 4.78 is 0. The smallest absolute Gasteiger partial charge is 0.236 e. The molecule has 22 heavy (non-hydrogen) atoms. The van der Waals surface area contributed by atoms with E-state index in [1.807, 2.05) is 12.1 Å². The van der Waals surface area contributed by atoms with E-state index in [0.29, 0.717) is 27.4 Å². The van der Waals surface area contributed by atoms with Crippen LogP contribution in [0.1, 0.15) is 10.4 Å². The van der Waals surface area contributed by atoms with Crippen LogP contribution >= 0.6 is 46.3 Å². The first-order chi connectivity index (χ1) is 10.6. The maximum absolute atomic E-state index is 11.6. The summed E-state index contributed by atoms with van der Waals surface area (Å²) >= 11 is 14.8. The summed E-state index contributed by atoms with van der Waals surface area (Å²) in [5.74, 6) is 0.369. The van der Waals surface area contributed by atoms with E-state index >= 15 is 0 Å². The lowest BCUT2D eigenvalue weighted by Crippen LogP contribution is -2.13. The van der Waals surface area contributed by atoms with E-state index in [1.54, 1.807) is 18.3 Å². The van der Waals surface area contributed by atoms with Crippen molar-refractivity contribution < 1.29 is 4.79 Å². The second-order valence-corrected chi connectivity index (χ2v) is 7.19. The molecule has 0 saturated heterocycles. The van der Waals surface area contributed by atoms with Crippen LogP contribution < -0.4 is 5.32 Å². The Kier molecular flexibility index (Phi) is 6.52. The van der Waals surface area contributed by atoms with E-state index in [-0.39, 0.29) is 11.7 Å². The molecule has 4 nitrogen and oxygen atoms in total. The van der Waals surface area contributed by atoms with Crippen LogP contribution in [-0.4, -0.2) is 22.4 Å². The number of nitrogens with one attached hydrogen (secondary N) is 1. The number of thiazole rings is 1. The number of nitriles is 1. The molecule has 1 aromatic carbocycles. The van der Waals surface area contributed by atoms with Crippen molar-refractivity contribution in [2.24, 2.45) is 0 Å². The number of thioether (sulfide) groups is 1. The van der Waals surface area contributed by atoms with Gasteiger partial charge >= 0.3 is 0 Å². The molecule has 0 atom stereocenters. The predicted octanol–water partition coefficient (Wildman–Crippen LogP) is 4.24. The number of hydrogen-bond donors (Lipinski definition) is 1. The van der Waals surface area contributed by atoms with Gasteiger partial charge in [0.05, 0.1) is 17.6 Å². The van der Waals surface area contributed by atoms with E-state index in [9.17, 15) is 4.79 Å². The summed E-state index contributed by atoms with van der Waals surface area (Å²) in [4.78, 5) is 16.8. The third-order valence-electron chi connectivity index (χ3n) is 2.57. The molecule has 1 N–H and O–H groups in total. The molecule has 0 unspecified atom stereocenters. The Morgan fingerprint density at radius 2 is 2.27 bits per heavy atom. The highest BCUT2D eigenvalue weighted by Gasteiger charge is 2.09. The Morgan fingerprint density at radius 3 is 3.05 bits per heavy atom. The van der Waals surface area contributed by atoms with Crippen molar-refractivity contribution >= 4 is 57.3 Å². The van der Waals surface area contributed by atoms with Gasteiger partial charge in [0.1, 0.15) is 0 Å². The van der Waals surface area contributed by atoms with Crippen LogP contribution in [-0.2, 0) is 11.2 Å². The van der Waals surface area contributed by atoms with Crippen LogP contribution in [0, 0.1) is 11.3 Å². The van der Waals surface area contributed by atoms with Gasteiger partial charge in [0.15, 0.2) is 5.13 Å². The molecule has 2 aromatic rings. The van der Waals surface area contributed by atoms with Gasteiger partial charge in [-0.15, -0.1) is 23.1 Å². The van der Waals surface area contributed by atoms with Crippen LogP contribution in [0.2, 0.25) is 10.0 Å². The molecule has 0 fully saturated rings. The van der Waals surface area contributed by atoms with Crippen molar-refractivity contribution in [1.82, 2.24) is 4.98 Å². The summed E-state index contributed by atoms with van der Waals surface area (Å²) in [6.07, 6.45) is 2.32. The van der Waals surface area contributed by atoms with E-state index in [4.69, 9.17) is 28.5 Å². The molecule has 0 aliphatic rings. The summed E-state index contributed by atoms with van der Waals surface area (Å²) in [7, 11) is 0. The Hall–Kier alpha value is -1.26. The van der Waals surface area contributed by atoms with Crippen LogP contribution in [0.5, 0.6) is 0 Å². The zero-order valence-corrected chi connectivity index (χ0v) is 14.5. The van der Waals surface area contributed by atoms with Crippen LogP contribution in [0.15, 0.2) is 24.4 Å². The van der Waals surface area contributed by atoms with Gasteiger partial charge in [-0.3, -0.25) is 4.79 Å². The molecule has 2 rings (SSSR count).